The van der Waals surface area contributed by atoms with Crippen molar-refractivity contribution in [2.45, 2.75) is 32.8 Å². The molecule has 0 bridgehead atoms. The lowest BCUT2D eigenvalue weighted by molar-refractivity contribution is -0.116. The van der Waals surface area contributed by atoms with E-state index in [0.717, 1.165) is 6.21 Å². The van der Waals surface area contributed by atoms with Crippen molar-refractivity contribution in [3.05, 3.63) is 5.53 Å². The fourth-order valence-corrected chi connectivity index (χ4v) is 0.838. The van der Waals surface area contributed by atoms with E-state index in [9.17, 15) is 9.59 Å². The summed E-state index contributed by atoms with van der Waals surface area (Å²) in [5.74, 6) is -0.349. The minimum absolute atomic E-state index is 0.0970. The van der Waals surface area contributed by atoms with Gasteiger partial charge in [0.15, 0.2) is 0 Å². The summed E-state index contributed by atoms with van der Waals surface area (Å²) in [6.45, 7) is 5.52. The predicted octanol–water partition coefficient (Wildman–Crippen LogP) is 1.11. The van der Waals surface area contributed by atoms with Gasteiger partial charge in [-0.2, -0.15) is 4.79 Å². The van der Waals surface area contributed by atoms with Gasteiger partial charge in [0.05, 0.1) is 0 Å². The Labute approximate surface area is 94.8 Å². The zero-order chi connectivity index (χ0) is 12.8. The van der Waals surface area contributed by atoms with Crippen molar-refractivity contribution in [3.63, 3.8) is 0 Å². The predicted molar refractivity (Wildman–Crippen MR) is 58.2 cm³/mol. The highest BCUT2D eigenvalue weighted by Crippen LogP contribution is 2.09. The number of carbonyl (C=O) groups excluding carboxylic acids is 2. The molecule has 90 valence electrons. The monoisotopic (exact) mass is 227 g/mol. The van der Waals surface area contributed by atoms with E-state index in [1.54, 1.807) is 20.8 Å². The maximum Gasteiger partial charge on any atom is 0.410 e. The zero-order valence-electron chi connectivity index (χ0n) is 10.1. The fraction of sp³-hybridized carbons (Fsp3) is 0.700. The second-order valence-electron chi connectivity index (χ2n) is 4.36. The summed E-state index contributed by atoms with van der Waals surface area (Å²) in [5.41, 5.74) is 7.55. The van der Waals surface area contributed by atoms with Crippen molar-refractivity contribution in [2.24, 2.45) is 0 Å². The van der Waals surface area contributed by atoms with Gasteiger partial charge in [-0.3, -0.25) is 4.79 Å². The van der Waals surface area contributed by atoms with Crippen molar-refractivity contribution in [3.8, 4) is 0 Å². The van der Waals surface area contributed by atoms with Crippen LogP contribution in [0.25, 0.3) is 5.53 Å². The first kappa shape index (κ1) is 14.3. The van der Waals surface area contributed by atoms with Crippen LogP contribution in [-0.2, 0) is 9.53 Å². The summed E-state index contributed by atoms with van der Waals surface area (Å²) in [7, 11) is 1.54. The molecule has 0 radical (unpaired) electrons. The van der Waals surface area contributed by atoms with E-state index in [-0.39, 0.29) is 18.7 Å². The Balaban J connectivity index is 4.07. The summed E-state index contributed by atoms with van der Waals surface area (Å²) in [6.07, 6.45) is 0.421. The third-order valence-electron chi connectivity index (χ3n) is 1.60. The van der Waals surface area contributed by atoms with Gasteiger partial charge in [0.1, 0.15) is 5.60 Å². The van der Waals surface area contributed by atoms with Crippen LogP contribution in [0.4, 0.5) is 4.79 Å². The summed E-state index contributed by atoms with van der Waals surface area (Å²) < 4.78 is 5.08. The fourth-order valence-electron chi connectivity index (χ4n) is 0.838. The molecule has 0 saturated heterocycles. The molecule has 0 fully saturated rings. The molecule has 0 aliphatic carbocycles. The van der Waals surface area contributed by atoms with Crippen molar-refractivity contribution in [1.29, 1.82) is 0 Å². The van der Waals surface area contributed by atoms with E-state index >= 15 is 0 Å². The Bertz CT molecular complexity index is 314. The molecule has 0 spiro atoms. The van der Waals surface area contributed by atoms with E-state index in [1.807, 2.05) is 0 Å². The van der Waals surface area contributed by atoms with E-state index in [1.165, 1.54) is 11.9 Å². The molecule has 1 amide bonds. The standard InChI is InChI=1S/C10H17N3O3/c1-10(2,3)16-9(15)13(4)6-5-8(14)7-12-11/h7H,5-6H2,1-4H3. The van der Waals surface area contributed by atoms with Crippen LogP contribution in [-0.4, -0.2) is 47.0 Å². The lowest BCUT2D eigenvalue weighted by atomic mass is 10.2. The lowest BCUT2D eigenvalue weighted by Gasteiger charge is -2.24. The van der Waals surface area contributed by atoms with Crippen molar-refractivity contribution >= 4 is 18.1 Å². The van der Waals surface area contributed by atoms with Gasteiger partial charge in [-0.15, -0.1) is 0 Å². The van der Waals surface area contributed by atoms with E-state index < -0.39 is 11.7 Å². The van der Waals surface area contributed by atoms with Crippen molar-refractivity contribution in [1.82, 2.24) is 4.90 Å². The van der Waals surface area contributed by atoms with Crippen LogP contribution >= 0.6 is 0 Å². The number of hydrogen-bond donors (Lipinski definition) is 0. The second-order valence-corrected chi connectivity index (χ2v) is 4.36. The van der Waals surface area contributed by atoms with Crippen LogP contribution in [0.1, 0.15) is 27.2 Å². The summed E-state index contributed by atoms with van der Waals surface area (Å²) in [5, 5.41) is 0. The minimum atomic E-state index is -0.554. The van der Waals surface area contributed by atoms with Gasteiger partial charge in [0, 0.05) is 20.0 Å². The van der Waals surface area contributed by atoms with E-state index in [2.05, 4.69) is 4.79 Å². The molecule has 16 heavy (non-hydrogen) atoms. The van der Waals surface area contributed by atoms with E-state index in [0.29, 0.717) is 0 Å². The second kappa shape index (κ2) is 6.02. The molecule has 0 aromatic carbocycles. The van der Waals surface area contributed by atoms with Gasteiger partial charge in [-0.1, -0.05) is 0 Å². The number of nitrogens with zero attached hydrogens (tertiary/aromatic N) is 3. The zero-order valence-corrected chi connectivity index (χ0v) is 10.1. The Kier molecular flexibility index (Phi) is 5.39. The van der Waals surface area contributed by atoms with E-state index in [4.69, 9.17) is 10.3 Å². The van der Waals surface area contributed by atoms with Crippen LogP contribution in [0.2, 0.25) is 0 Å². The normalized spacial score (nSPS) is 10.2. The van der Waals surface area contributed by atoms with Gasteiger partial charge in [-0.05, 0) is 20.8 Å². The third kappa shape index (κ3) is 6.73. The molecule has 0 unspecified atom stereocenters. The van der Waals surface area contributed by atoms with Gasteiger partial charge in [0.25, 0.3) is 0 Å². The molecule has 0 heterocycles. The number of ether oxygens (including phenoxy) is 1. The summed E-state index contributed by atoms with van der Waals surface area (Å²) in [6, 6.07) is 0. The first-order valence-corrected chi connectivity index (χ1v) is 4.90. The third-order valence-corrected chi connectivity index (χ3v) is 1.60. The number of rotatable bonds is 4. The average molecular weight is 227 g/mol. The number of amides is 1. The van der Waals surface area contributed by atoms with Crippen LogP contribution in [0.5, 0.6) is 0 Å². The molecule has 6 nitrogen and oxygen atoms in total. The number of hydrogen-bond acceptors (Lipinski definition) is 3. The molecular formula is C10H17N3O3. The summed E-state index contributed by atoms with van der Waals surface area (Å²) >= 11 is 0. The van der Waals surface area contributed by atoms with Gasteiger partial charge < -0.3 is 15.2 Å². The van der Waals surface area contributed by atoms with Gasteiger partial charge in [0.2, 0.25) is 5.78 Å². The minimum Gasteiger partial charge on any atom is -0.444 e. The van der Waals surface area contributed by atoms with Gasteiger partial charge in [-0.25, -0.2) is 4.79 Å². The SMILES string of the molecule is CN(CCC(=O)C=[N+]=[N-])C(=O)OC(C)(C)C. The highest BCUT2D eigenvalue weighted by Gasteiger charge is 2.19. The Hall–Kier alpha value is -1.68. The van der Waals surface area contributed by atoms with Crippen LogP contribution in [0.3, 0.4) is 0 Å². The maximum absolute atomic E-state index is 11.4. The molecule has 0 N–H and O–H groups in total. The molecular weight excluding hydrogens is 210 g/mol. The van der Waals surface area contributed by atoms with Crippen LogP contribution in [0, 0.1) is 0 Å². The average Bonchev–Trinajstić information content (AvgIpc) is 2.11. The maximum atomic E-state index is 11.4. The van der Waals surface area contributed by atoms with Crippen molar-refractivity contribution < 1.29 is 19.1 Å². The smallest absolute Gasteiger partial charge is 0.410 e. The van der Waals surface area contributed by atoms with Crippen LogP contribution in [0.15, 0.2) is 0 Å². The van der Waals surface area contributed by atoms with Gasteiger partial charge >= 0.3 is 12.3 Å². The summed E-state index contributed by atoms with van der Waals surface area (Å²) in [4.78, 5) is 26.3. The number of ketones is 1. The Morgan fingerprint density at radius 3 is 2.44 bits per heavy atom. The lowest BCUT2D eigenvalue weighted by Crippen LogP contribution is -2.35. The quantitative estimate of drug-likeness (QED) is 0.409. The number of Topliss-reactive ketones (excluding diaryl/α,β-unsaturated/α-hetero) is 1. The van der Waals surface area contributed by atoms with Crippen molar-refractivity contribution in [2.75, 3.05) is 13.6 Å². The molecule has 0 aromatic rings. The first-order valence-electron chi connectivity index (χ1n) is 4.90. The highest BCUT2D eigenvalue weighted by atomic mass is 16.6. The number of carbonyl (C=O) groups is 2. The molecule has 0 rings (SSSR count). The van der Waals surface area contributed by atoms with Crippen LogP contribution < -0.4 is 0 Å². The Morgan fingerprint density at radius 2 is 2.00 bits per heavy atom. The molecule has 0 saturated carbocycles. The Morgan fingerprint density at radius 1 is 1.44 bits per heavy atom. The largest absolute Gasteiger partial charge is 0.444 e. The first-order chi connectivity index (χ1) is 7.26. The molecule has 0 aliphatic heterocycles. The molecule has 6 heteroatoms. The molecule has 0 aliphatic rings. The topological polar surface area (TPSA) is 83.0 Å². The molecule has 0 atom stereocenters. The highest BCUT2D eigenvalue weighted by molar-refractivity contribution is 6.25. The molecule has 0 aromatic heterocycles.